The van der Waals surface area contributed by atoms with E-state index in [0.717, 1.165) is 11.3 Å². The maximum absolute atomic E-state index is 11.7. The zero-order valence-corrected chi connectivity index (χ0v) is 10.4. The van der Waals surface area contributed by atoms with Crippen molar-refractivity contribution in [2.24, 2.45) is 5.10 Å². The number of hydrogen-bond donors (Lipinski definition) is 1. The summed E-state index contributed by atoms with van der Waals surface area (Å²) >= 11 is 0. The van der Waals surface area contributed by atoms with Gasteiger partial charge in [-0.1, -0.05) is 12.1 Å². The van der Waals surface area contributed by atoms with Gasteiger partial charge in [-0.25, -0.2) is 5.43 Å². The van der Waals surface area contributed by atoms with Crippen LogP contribution >= 0.6 is 0 Å². The molecule has 0 unspecified atom stereocenters. The fourth-order valence-electron chi connectivity index (χ4n) is 1.46. The van der Waals surface area contributed by atoms with Gasteiger partial charge in [-0.05, 0) is 29.8 Å². The highest BCUT2D eigenvalue weighted by molar-refractivity contribution is 5.94. The number of nitrogens with zero attached hydrogens (tertiary/aromatic N) is 2. The first-order valence-electron chi connectivity index (χ1n) is 5.67. The van der Waals surface area contributed by atoms with Crippen molar-refractivity contribution in [2.75, 3.05) is 7.11 Å². The average molecular weight is 255 g/mol. The lowest BCUT2D eigenvalue weighted by atomic mass is 10.2. The Morgan fingerprint density at radius 2 is 2.11 bits per heavy atom. The van der Waals surface area contributed by atoms with Crippen LogP contribution in [0.4, 0.5) is 0 Å². The van der Waals surface area contributed by atoms with Crippen molar-refractivity contribution in [3.63, 3.8) is 0 Å². The molecule has 0 aliphatic rings. The van der Waals surface area contributed by atoms with Crippen LogP contribution in [0.15, 0.2) is 53.9 Å². The molecule has 1 aromatic heterocycles. The van der Waals surface area contributed by atoms with E-state index in [2.05, 4.69) is 15.5 Å². The Balaban J connectivity index is 1.98. The molecule has 1 aromatic carbocycles. The molecular weight excluding hydrogens is 242 g/mol. The molecule has 0 atom stereocenters. The molecule has 0 fully saturated rings. The molecule has 19 heavy (non-hydrogen) atoms. The van der Waals surface area contributed by atoms with Crippen molar-refractivity contribution >= 4 is 12.1 Å². The molecule has 2 aromatic rings. The van der Waals surface area contributed by atoms with Crippen LogP contribution in [-0.2, 0) is 0 Å². The number of methoxy groups -OCH3 is 1. The van der Waals surface area contributed by atoms with E-state index in [1.54, 1.807) is 37.9 Å². The molecule has 1 heterocycles. The van der Waals surface area contributed by atoms with E-state index in [1.807, 2.05) is 24.3 Å². The monoisotopic (exact) mass is 255 g/mol. The largest absolute Gasteiger partial charge is 0.497 e. The fourth-order valence-corrected chi connectivity index (χ4v) is 1.46. The van der Waals surface area contributed by atoms with Crippen LogP contribution in [0.1, 0.15) is 15.9 Å². The van der Waals surface area contributed by atoms with Crippen molar-refractivity contribution in [3.8, 4) is 5.75 Å². The summed E-state index contributed by atoms with van der Waals surface area (Å²) in [5, 5.41) is 3.89. The summed E-state index contributed by atoms with van der Waals surface area (Å²) < 4.78 is 5.10. The number of hydrogen-bond acceptors (Lipinski definition) is 4. The lowest BCUT2D eigenvalue weighted by Gasteiger charge is -2.00. The molecule has 0 aliphatic carbocycles. The minimum Gasteiger partial charge on any atom is -0.497 e. The van der Waals surface area contributed by atoms with Crippen LogP contribution in [0.3, 0.4) is 0 Å². The second kappa shape index (κ2) is 6.30. The lowest BCUT2D eigenvalue weighted by molar-refractivity contribution is 0.0955. The number of benzene rings is 1. The molecule has 0 saturated carbocycles. The molecule has 0 bridgehead atoms. The molecule has 2 rings (SSSR count). The van der Waals surface area contributed by atoms with Gasteiger partial charge in [0, 0.05) is 18.0 Å². The van der Waals surface area contributed by atoms with E-state index in [0.29, 0.717) is 5.56 Å². The Morgan fingerprint density at radius 3 is 2.84 bits per heavy atom. The summed E-state index contributed by atoms with van der Waals surface area (Å²) in [4.78, 5) is 15.5. The smallest absolute Gasteiger partial charge is 0.271 e. The van der Waals surface area contributed by atoms with Crippen molar-refractivity contribution in [3.05, 3.63) is 59.9 Å². The highest BCUT2D eigenvalue weighted by Crippen LogP contribution is 2.10. The van der Waals surface area contributed by atoms with Crippen molar-refractivity contribution in [2.45, 2.75) is 0 Å². The van der Waals surface area contributed by atoms with Crippen LogP contribution in [0, 0.1) is 0 Å². The van der Waals surface area contributed by atoms with Gasteiger partial charge in [-0.15, -0.1) is 0 Å². The van der Waals surface area contributed by atoms with Crippen molar-refractivity contribution in [1.29, 1.82) is 0 Å². The minimum atomic E-state index is -0.276. The Morgan fingerprint density at radius 1 is 1.32 bits per heavy atom. The maximum atomic E-state index is 11.7. The van der Waals surface area contributed by atoms with E-state index in [4.69, 9.17) is 4.74 Å². The highest BCUT2D eigenvalue weighted by atomic mass is 16.5. The van der Waals surface area contributed by atoms with Gasteiger partial charge < -0.3 is 4.74 Å². The molecule has 96 valence electrons. The van der Waals surface area contributed by atoms with Crippen molar-refractivity contribution in [1.82, 2.24) is 10.4 Å². The second-order valence-corrected chi connectivity index (χ2v) is 3.71. The third kappa shape index (κ3) is 3.64. The van der Waals surface area contributed by atoms with E-state index in [1.165, 1.54) is 0 Å². The standard InChI is InChI=1S/C14H13N3O2/c1-19-13-4-2-3-11(9-13)10-16-17-14(18)12-5-7-15-8-6-12/h2-10H,1H3,(H,17,18)/b16-10+. The third-order valence-corrected chi connectivity index (χ3v) is 2.42. The summed E-state index contributed by atoms with van der Waals surface area (Å²) in [5.74, 6) is 0.464. The third-order valence-electron chi connectivity index (χ3n) is 2.42. The predicted molar refractivity (Wildman–Crippen MR) is 72.3 cm³/mol. The van der Waals surface area contributed by atoms with E-state index in [-0.39, 0.29) is 5.91 Å². The number of hydrazone groups is 1. The zero-order valence-electron chi connectivity index (χ0n) is 10.4. The SMILES string of the molecule is COc1cccc(/C=N/NC(=O)c2ccncc2)c1. The van der Waals surface area contributed by atoms with Crippen LogP contribution < -0.4 is 10.2 Å². The maximum Gasteiger partial charge on any atom is 0.271 e. The van der Waals surface area contributed by atoms with Gasteiger partial charge in [0.25, 0.3) is 5.91 Å². The first-order valence-corrected chi connectivity index (χ1v) is 5.67. The molecule has 0 radical (unpaired) electrons. The summed E-state index contributed by atoms with van der Waals surface area (Å²) in [7, 11) is 1.60. The predicted octanol–water partition coefficient (Wildman–Crippen LogP) is 1.85. The lowest BCUT2D eigenvalue weighted by Crippen LogP contribution is -2.17. The minimum absolute atomic E-state index is 0.276. The number of carbonyl (C=O) groups excluding carboxylic acids is 1. The molecule has 0 spiro atoms. The Labute approximate surface area is 110 Å². The second-order valence-electron chi connectivity index (χ2n) is 3.71. The normalized spacial score (nSPS) is 10.4. The molecular formula is C14H13N3O2. The van der Waals surface area contributed by atoms with E-state index >= 15 is 0 Å². The van der Waals surface area contributed by atoms with Crippen molar-refractivity contribution < 1.29 is 9.53 Å². The van der Waals surface area contributed by atoms with Crippen LogP contribution in [0.5, 0.6) is 5.75 Å². The van der Waals surface area contributed by atoms with Crippen LogP contribution in [-0.4, -0.2) is 24.2 Å². The molecule has 1 amide bonds. The number of rotatable bonds is 4. The topological polar surface area (TPSA) is 63.6 Å². The Hall–Kier alpha value is -2.69. The number of amides is 1. The summed E-state index contributed by atoms with van der Waals surface area (Å²) in [6, 6.07) is 10.6. The summed E-state index contributed by atoms with van der Waals surface area (Å²) in [5.41, 5.74) is 3.80. The molecule has 5 heteroatoms. The fraction of sp³-hybridized carbons (Fsp3) is 0.0714. The molecule has 0 saturated heterocycles. The zero-order chi connectivity index (χ0) is 13.5. The van der Waals surface area contributed by atoms with E-state index < -0.39 is 0 Å². The summed E-state index contributed by atoms with van der Waals surface area (Å²) in [6.45, 7) is 0. The van der Waals surface area contributed by atoms with Gasteiger partial charge in [0.05, 0.1) is 13.3 Å². The molecule has 0 aliphatic heterocycles. The number of carbonyl (C=O) groups is 1. The number of ether oxygens (including phenoxy) is 1. The van der Waals surface area contributed by atoms with Gasteiger partial charge in [0.2, 0.25) is 0 Å². The van der Waals surface area contributed by atoms with Crippen LogP contribution in [0.25, 0.3) is 0 Å². The average Bonchev–Trinajstić information content (AvgIpc) is 2.48. The number of pyridine rings is 1. The van der Waals surface area contributed by atoms with E-state index in [9.17, 15) is 4.79 Å². The Bertz CT molecular complexity index is 582. The summed E-state index contributed by atoms with van der Waals surface area (Å²) in [6.07, 6.45) is 4.67. The number of nitrogens with one attached hydrogen (secondary N) is 1. The van der Waals surface area contributed by atoms with Gasteiger partial charge >= 0.3 is 0 Å². The van der Waals surface area contributed by atoms with Gasteiger partial charge in [0.1, 0.15) is 5.75 Å². The Kier molecular flexibility index (Phi) is 4.23. The first kappa shape index (κ1) is 12.8. The number of aromatic nitrogens is 1. The van der Waals surface area contributed by atoms with Gasteiger partial charge in [-0.3, -0.25) is 9.78 Å². The highest BCUT2D eigenvalue weighted by Gasteiger charge is 2.01. The molecule has 1 N–H and O–H groups in total. The van der Waals surface area contributed by atoms with Gasteiger partial charge in [-0.2, -0.15) is 5.10 Å². The first-order chi connectivity index (χ1) is 9.29. The molecule has 5 nitrogen and oxygen atoms in total. The van der Waals surface area contributed by atoms with Crippen LogP contribution in [0.2, 0.25) is 0 Å². The quantitative estimate of drug-likeness (QED) is 0.670. The van der Waals surface area contributed by atoms with Gasteiger partial charge in [0.15, 0.2) is 0 Å².